The van der Waals surface area contributed by atoms with Gasteiger partial charge in [0, 0.05) is 22.6 Å². The van der Waals surface area contributed by atoms with Gasteiger partial charge in [0.2, 0.25) is 5.91 Å². The first-order chi connectivity index (χ1) is 13.8. The summed E-state index contributed by atoms with van der Waals surface area (Å²) in [6.07, 6.45) is 10.1. The molecule has 1 amide bonds. The standard InChI is InChI=1S/C22H29N3O2S/c26-21(22(10-3-4-11-22)20-8-5-13-28-20)23-14-18-17-15-27-12-9-19(17)25(24-18)16-6-1-2-7-16/h5,8,13,16H,1-4,6-7,9-12,14-15H2,(H,23,26). The second kappa shape index (κ2) is 7.64. The van der Waals surface area contributed by atoms with Crippen LogP contribution in [0.15, 0.2) is 17.5 Å². The van der Waals surface area contributed by atoms with Gasteiger partial charge in [-0.2, -0.15) is 5.10 Å². The molecule has 3 aliphatic rings. The molecule has 5 rings (SSSR count). The minimum atomic E-state index is -0.335. The Labute approximate surface area is 170 Å². The molecule has 0 spiro atoms. The molecule has 3 heterocycles. The highest BCUT2D eigenvalue weighted by molar-refractivity contribution is 7.10. The Kier molecular flexibility index (Phi) is 5.01. The third kappa shape index (κ3) is 3.11. The van der Waals surface area contributed by atoms with Crippen LogP contribution in [0, 0.1) is 0 Å². The zero-order valence-electron chi connectivity index (χ0n) is 16.4. The summed E-state index contributed by atoms with van der Waals surface area (Å²) >= 11 is 1.71. The molecule has 1 N–H and O–H groups in total. The lowest BCUT2D eigenvalue weighted by atomic mass is 9.83. The number of rotatable bonds is 5. The molecule has 0 saturated heterocycles. The van der Waals surface area contributed by atoms with Crippen LogP contribution in [0.2, 0.25) is 0 Å². The van der Waals surface area contributed by atoms with Gasteiger partial charge in [0.05, 0.1) is 36.9 Å². The van der Waals surface area contributed by atoms with Crippen LogP contribution >= 0.6 is 11.3 Å². The van der Waals surface area contributed by atoms with E-state index in [9.17, 15) is 4.79 Å². The summed E-state index contributed by atoms with van der Waals surface area (Å²) < 4.78 is 8.01. The maximum absolute atomic E-state index is 13.3. The normalized spacial score (nSPS) is 21.7. The number of thiophene rings is 1. The van der Waals surface area contributed by atoms with Crippen LogP contribution in [-0.4, -0.2) is 22.3 Å². The van der Waals surface area contributed by atoms with Gasteiger partial charge < -0.3 is 10.1 Å². The number of ether oxygens (including phenoxy) is 1. The van der Waals surface area contributed by atoms with E-state index >= 15 is 0 Å². The van der Waals surface area contributed by atoms with Gasteiger partial charge in [-0.05, 0) is 37.1 Å². The minimum absolute atomic E-state index is 0.174. The predicted molar refractivity (Wildman–Crippen MR) is 109 cm³/mol. The fourth-order valence-electron chi connectivity index (χ4n) is 5.37. The van der Waals surface area contributed by atoms with E-state index in [1.165, 1.54) is 41.8 Å². The lowest BCUT2D eigenvalue weighted by Gasteiger charge is -2.26. The first-order valence-corrected chi connectivity index (χ1v) is 11.6. The van der Waals surface area contributed by atoms with Crippen molar-refractivity contribution in [2.45, 2.75) is 82.4 Å². The Balaban J connectivity index is 1.37. The molecule has 2 saturated carbocycles. The quantitative estimate of drug-likeness (QED) is 0.817. The number of carbonyl (C=O) groups is 1. The van der Waals surface area contributed by atoms with Crippen molar-refractivity contribution in [1.29, 1.82) is 0 Å². The SMILES string of the molecule is O=C(NCc1nn(C2CCCC2)c2c1COCC2)C1(c2cccs2)CCCC1. The molecule has 2 aromatic heterocycles. The third-order valence-corrected chi connectivity index (χ3v) is 7.98. The van der Waals surface area contributed by atoms with Crippen LogP contribution in [0.25, 0.3) is 0 Å². The monoisotopic (exact) mass is 399 g/mol. The second-order valence-electron chi connectivity index (χ2n) is 8.51. The highest BCUT2D eigenvalue weighted by Crippen LogP contribution is 2.43. The average Bonchev–Trinajstić information content (AvgIpc) is 3.52. The summed E-state index contributed by atoms with van der Waals surface area (Å²) in [6, 6.07) is 4.72. The number of hydrogen-bond donors (Lipinski definition) is 1. The minimum Gasteiger partial charge on any atom is -0.376 e. The topological polar surface area (TPSA) is 56.2 Å². The van der Waals surface area contributed by atoms with Crippen molar-refractivity contribution in [2.75, 3.05) is 6.61 Å². The van der Waals surface area contributed by atoms with E-state index in [0.29, 0.717) is 19.2 Å². The molecule has 28 heavy (non-hydrogen) atoms. The van der Waals surface area contributed by atoms with Crippen molar-refractivity contribution in [3.63, 3.8) is 0 Å². The third-order valence-electron chi connectivity index (χ3n) is 6.90. The first kappa shape index (κ1) is 18.4. The van der Waals surface area contributed by atoms with E-state index < -0.39 is 0 Å². The molecule has 5 nitrogen and oxygen atoms in total. The fraction of sp³-hybridized carbons (Fsp3) is 0.636. The molecule has 150 valence electrons. The Morgan fingerprint density at radius 3 is 2.86 bits per heavy atom. The number of hydrogen-bond acceptors (Lipinski definition) is 4. The lowest BCUT2D eigenvalue weighted by Crippen LogP contribution is -2.42. The van der Waals surface area contributed by atoms with Crippen molar-refractivity contribution in [1.82, 2.24) is 15.1 Å². The number of fused-ring (bicyclic) bond motifs is 1. The molecular weight excluding hydrogens is 370 g/mol. The van der Waals surface area contributed by atoms with E-state index in [4.69, 9.17) is 9.84 Å². The number of nitrogens with one attached hydrogen (secondary N) is 1. The van der Waals surface area contributed by atoms with Crippen molar-refractivity contribution >= 4 is 17.2 Å². The van der Waals surface area contributed by atoms with Gasteiger partial charge in [-0.3, -0.25) is 9.48 Å². The Morgan fingerprint density at radius 2 is 2.11 bits per heavy atom. The highest BCUT2D eigenvalue weighted by Gasteiger charge is 2.43. The summed E-state index contributed by atoms with van der Waals surface area (Å²) in [5.41, 5.74) is 3.24. The van der Waals surface area contributed by atoms with Crippen LogP contribution in [0.1, 0.15) is 79.2 Å². The van der Waals surface area contributed by atoms with E-state index in [-0.39, 0.29) is 11.3 Å². The summed E-state index contributed by atoms with van der Waals surface area (Å²) in [5.74, 6) is 0.174. The van der Waals surface area contributed by atoms with Gasteiger partial charge in [-0.25, -0.2) is 0 Å². The Hall–Kier alpha value is -1.66. The van der Waals surface area contributed by atoms with Crippen LogP contribution < -0.4 is 5.32 Å². The maximum atomic E-state index is 13.3. The smallest absolute Gasteiger partial charge is 0.231 e. The molecule has 1 aliphatic heterocycles. The van der Waals surface area contributed by atoms with Crippen LogP contribution in [0.5, 0.6) is 0 Å². The Morgan fingerprint density at radius 1 is 1.29 bits per heavy atom. The maximum Gasteiger partial charge on any atom is 0.231 e. The van der Waals surface area contributed by atoms with Crippen LogP contribution in [0.3, 0.4) is 0 Å². The van der Waals surface area contributed by atoms with Crippen molar-refractivity contribution in [2.24, 2.45) is 0 Å². The van der Waals surface area contributed by atoms with Gasteiger partial charge in [0.25, 0.3) is 0 Å². The summed E-state index contributed by atoms with van der Waals surface area (Å²) in [7, 11) is 0. The van der Waals surface area contributed by atoms with Gasteiger partial charge >= 0.3 is 0 Å². The molecule has 0 atom stereocenters. The van der Waals surface area contributed by atoms with Crippen molar-refractivity contribution < 1.29 is 9.53 Å². The lowest BCUT2D eigenvalue weighted by molar-refractivity contribution is -0.126. The van der Waals surface area contributed by atoms with Gasteiger partial charge in [0.1, 0.15) is 0 Å². The van der Waals surface area contributed by atoms with Gasteiger partial charge in [-0.1, -0.05) is 31.7 Å². The van der Waals surface area contributed by atoms with E-state index in [0.717, 1.165) is 44.4 Å². The number of amides is 1. The van der Waals surface area contributed by atoms with Crippen LogP contribution in [0.4, 0.5) is 0 Å². The summed E-state index contributed by atoms with van der Waals surface area (Å²) in [4.78, 5) is 14.5. The number of carbonyl (C=O) groups excluding carboxylic acids is 1. The largest absolute Gasteiger partial charge is 0.376 e. The predicted octanol–water partition coefficient (Wildman–Crippen LogP) is 4.26. The molecule has 2 aliphatic carbocycles. The van der Waals surface area contributed by atoms with Crippen LogP contribution in [-0.2, 0) is 34.5 Å². The number of aromatic nitrogens is 2. The molecule has 0 unspecified atom stereocenters. The first-order valence-electron chi connectivity index (χ1n) is 10.8. The highest BCUT2D eigenvalue weighted by atomic mass is 32.1. The molecule has 0 aromatic carbocycles. The average molecular weight is 400 g/mol. The van der Waals surface area contributed by atoms with Crippen molar-refractivity contribution in [3.05, 3.63) is 39.3 Å². The van der Waals surface area contributed by atoms with Crippen molar-refractivity contribution in [3.8, 4) is 0 Å². The summed E-state index contributed by atoms with van der Waals surface area (Å²) in [5, 5.41) is 10.3. The Bertz CT molecular complexity index is 830. The molecule has 6 heteroatoms. The molecular formula is C22H29N3O2S. The zero-order chi connectivity index (χ0) is 19.0. The zero-order valence-corrected chi connectivity index (χ0v) is 17.2. The van der Waals surface area contributed by atoms with Gasteiger partial charge in [-0.15, -0.1) is 11.3 Å². The molecule has 0 radical (unpaired) electrons. The van der Waals surface area contributed by atoms with E-state index in [2.05, 4.69) is 27.5 Å². The number of nitrogens with zero attached hydrogens (tertiary/aromatic N) is 2. The van der Waals surface area contributed by atoms with E-state index in [1.54, 1.807) is 11.3 Å². The molecule has 0 bridgehead atoms. The van der Waals surface area contributed by atoms with Gasteiger partial charge in [0.15, 0.2) is 0 Å². The summed E-state index contributed by atoms with van der Waals surface area (Å²) in [6.45, 7) is 1.92. The van der Waals surface area contributed by atoms with E-state index in [1.807, 2.05) is 0 Å². The molecule has 2 aromatic rings. The second-order valence-corrected chi connectivity index (χ2v) is 9.45. The molecule has 2 fully saturated rings. The fourth-order valence-corrected chi connectivity index (χ4v) is 6.35.